The van der Waals surface area contributed by atoms with Crippen LogP contribution in [0.25, 0.3) is 11.1 Å². The van der Waals surface area contributed by atoms with E-state index in [1.165, 1.54) is 46.2 Å². The zero-order chi connectivity index (χ0) is 22.7. The zero-order valence-corrected chi connectivity index (χ0v) is 19.5. The first-order chi connectivity index (χ1) is 16.8. The van der Waals surface area contributed by atoms with Crippen molar-refractivity contribution in [3.8, 4) is 11.1 Å². The van der Waals surface area contributed by atoms with Crippen LogP contribution in [-0.4, -0.2) is 12.1 Å². The second-order valence-corrected chi connectivity index (χ2v) is 9.87. The van der Waals surface area contributed by atoms with E-state index in [1.807, 2.05) is 0 Å². The lowest BCUT2D eigenvalue weighted by molar-refractivity contribution is 0.672. The molecule has 4 aromatic rings. The maximum atomic E-state index is 3.72. The molecule has 4 unspecified atom stereocenters. The third-order valence-corrected chi connectivity index (χ3v) is 7.41. The smallest absolute Gasteiger partial charge is 0.0208 e. The fraction of sp³-hybridized carbons (Fsp3) is 0.250. The van der Waals surface area contributed by atoms with Crippen LogP contribution in [0.1, 0.15) is 46.9 Å². The number of benzene rings is 4. The van der Waals surface area contributed by atoms with Crippen LogP contribution < -0.4 is 10.6 Å². The quantitative estimate of drug-likeness (QED) is 0.302. The van der Waals surface area contributed by atoms with E-state index in [1.54, 1.807) is 0 Å². The summed E-state index contributed by atoms with van der Waals surface area (Å²) in [6.07, 6.45) is 2.49. The molecule has 2 saturated carbocycles. The Labute approximate surface area is 203 Å². The van der Waals surface area contributed by atoms with Gasteiger partial charge in [-0.1, -0.05) is 109 Å². The first kappa shape index (κ1) is 21.3. The van der Waals surface area contributed by atoms with Crippen LogP contribution in [-0.2, 0) is 13.1 Å². The van der Waals surface area contributed by atoms with Gasteiger partial charge in [-0.15, -0.1) is 0 Å². The van der Waals surface area contributed by atoms with Crippen LogP contribution in [0.3, 0.4) is 0 Å². The summed E-state index contributed by atoms with van der Waals surface area (Å²) in [5.41, 5.74) is 8.18. The van der Waals surface area contributed by atoms with Crippen molar-refractivity contribution in [2.75, 3.05) is 0 Å². The molecule has 2 aliphatic carbocycles. The summed E-state index contributed by atoms with van der Waals surface area (Å²) in [7, 11) is 0. The predicted molar refractivity (Wildman–Crippen MR) is 141 cm³/mol. The molecule has 0 spiro atoms. The van der Waals surface area contributed by atoms with Gasteiger partial charge in [-0.25, -0.2) is 0 Å². The third kappa shape index (κ3) is 4.99. The lowest BCUT2D eigenvalue weighted by Crippen LogP contribution is -2.17. The van der Waals surface area contributed by atoms with Crippen LogP contribution in [0, 0.1) is 0 Å². The fourth-order valence-electron chi connectivity index (χ4n) is 5.11. The highest BCUT2D eigenvalue weighted by atomic mass is 15.0. The van der Waals surface area contributed by atoms with Gasteiger partial charge >= 0.3 is 0 Å². The molecule has 4 atom stereocenters. The largest absolute Gasteiger partial charge is 0.309 e. The molecule has 2 nitrogen and oxygen atoms in total. The van der Waals surface area contributed by atoms with Crippen molar-refractivity contribution in [2.45, 2.75) is 49.9 Å². The number of nitrogens with one attached hydrogen (secondary N) is 2. The highest BCUT2D eigenvalue weighted by Crippen LogP contribution is 2.41. The Morgan fingerprint density at radius 1 is 0.471 bits per heavy atom. The molecule has 2 aliphatic rings. The van der Waals surface area contributed by atoms with Gasteiger partial charge in [-0.3, -0.25) is 0 Å². The SMILES string of the molecule is c1ccc(C2CC2NCc2ccc(-c3ccc(CNC4CC4c4ccccc4)cc3)cc2)cc1. The van der Waals surface area contributed by atoms with E-state index in [2.05, 4.69) is 120 Å². The number of hydrogen-bond acceptors (Lipinski definition) is 2. The molecule has 2 heteroatoms. The Morgan fingerprint density at radius 2 is 0.853 bits per heavy atom. The van der Waals surface area contributed by atoms with Gasteiger partial charge in [0.15, 0.2) is 0 Å². The maximum absolute atomic E-state index is 3.72. The van der Waals surface area contributed by atoms with Gasteiger partial charge in [0.25, 0.3) is 0 Å². The molecule has 0 aromatic heterocycles. The van der Waals surface area contributed by atoms with Crippen molar-refractivity contribution in [3.63, 3.8) is 0 Å². The van der Waals surface area contributed by atoms with Gasteiger partial charge in [-0.05, 0) is 46.2 Å². The molecule has 0 bridgehead atoms. The molecule has 0 saturated heterocycles. The van der Waals surface area contributed by atoms with E-state index >= 15 is 0 Å². The lowest BCUT2D eigenvalue weighted by Gasteiger charge is -2.08. The van der Waals surface area contributed by atoms with Gasteiger partial charge in [-0.2, -0.15) is 0 Å². The topological polar surface area (TPSA) is 24.1 Å². The first-order valence-electron chi connectivity index (χ1n) is 12.6. The van der Waals surface area contributed by atoms with Gasteiger partial charge in [0.2, 0.25) is 0 Å². The second kappa shape index (κ2) is 9.58. The normalized spacial score (nSPS) is 22.9. The van der Waals surface area contributed by atoms with E-state index in [0.29, 0.717) is 23.9 Å². The van der Waals surface area contributed by atoms with Crippen LogP contribution in [0.15, 0.2) is 109 Å². The first-order valence-corrected chi connectivity index (χ1v) is 12.6. The monoisotopic (exact) mass is 444 g/mol. The summed E-state index contributed by atoms with van der Waals surface area (Å²) in [5, 5.41) is 7.45. The summed E-state index contributed by atoms with van der Waals surface area (Å²) in [6.45, 7) is 1.87. The summed E-state index contributed by atoms with van der Waals surface area (Å²) < 4.78 is 0. The van der Waals surface area contributed by atoms with E-state index in [-0.39, 0.29) is 0 Å². The Kier molecular flexibility index (Phi) is 6.01. The summed E-state index contributed by atoms with van der Waals surface area (Å²) in [4.78, 5) is 0. The van der Waals surface area contributed by atoms with Crippen LogP contribution in [0.2, 0.25) is 0 Å². The molecule has 0 aliphatic heterocycles. The third-order valence-electron chi connectivity index (χ3n) is 7.41. The molecule has 2 N–H and O–H groups in total. The Balaban J connectivity index is 0.978. The minimum atomic E-state index is 0.613. The van der Waals surface area contributed by atoms with Crippen LogP contribution in [0.4, 0.5) is 0 Å². The van der Waals surface area contributed by atoms with Crippen molar-refractivity contribution < 1.29 is 0 Å². The maximum Gasteiger partial charge on any atom is 0.0208 e. The van der Waals surface area contributed by atoms with E-state index in [9.17, 15) is 0 Å². The molecular weight excluding hydrogens is 412 g/mol. The van der Waals surface area contributed by atoms with Crippen molar-refractivity contribution in [3.05, 3.63) is 131 Å². The average Bonchev–Trinajstić information content (AvgIpc) is 3.84. The highest BCUT2D eigenvalue weighted by molar-refractivity contribution is 5.64. The highest BCUT2D eigenvalue weighted by Gasteiger charge is 2.38. The molecule has 4 aromatic carbocycles. The van der Waals surface area contributed by atoms with Crippen molar-refractivity contribution in [1.82, 2.24) is 10.6 Å². The number of hydrogen-bond donors (Lipinski definition) is 2. The second-order valence-electron chi connectivity index (χ2n) is 9.87. The zero-order valence-electron chi connectivity index (χ0n) is 19.5. The molecular formula is C32H32N2. The predicted octanol–water partition coefficient (Wildman–Crippen LogP) is 6.65. The summed E-state index contributed by atoms with van der Waals surface area (Å²) in [6, 6.07) is 41.0. The average molecular weight is 445 g/mol. The van der Waals surface area contributed by atoms with Gasteiger partial charge in [0.1, 0.15) is 0 Å². The minimum Gasteiger partial charge on any atom is -0.309 e. The van der Waals surface area contributed by atoms with Gasteiger partial charge in [0.05, 0.1) is 0 Å². The van der Waals surface area contributed by atoms with E-state index in [0.717, 1.165) is 13.1 Å². The molecule has 170 valence electrons. The van der Waals surface area contributed by atoms with E-state index < -0.39 is 0 Å². The van der Waals surface area contributed by atoms with Gasteiger partial charge in [0, 0.05) is 37.0 Å². The van der Waals surface area contributed by atoms with Crippen molar-refractivity contribution in [1.29, 1.82) is 0 Å². The Morgan fingerprint density at radius 3 is 1.24 bits per heavy atom. The lowest BCUT2D eigenvalue weighted by atomic mass is 10.0. The van der Waals surface area contributed by atoms with Crippen molar-refractivity contribution in [2.24, 2.45) is 0 Å². The van der Waals surface area contributed by atoms with Crippen LogP contribution >= 0.6 is 0 Å². The summed E-state index contributed by atoms with van der Waals surface area (Å²) in [5.74, 6) is 1.36. The molecule has 0 heterocycles. The standard InChI is InChI=1S/C32H32N2/c1-3-7-27(8-4-1)29-19-31(29)33-21-23-11-15-25(16-12-23)26-17-13-24(14-18-26)22-34-32-20-30(32)28-9-5-2-6-10-28/h1-18,29-34H,19-22H2. The van der Waals surface area contributed by atoms with Crippen LogP contribution in [0.5, 0.6) is 0 Å². The molecule has 2 fully saturated rings. The molecule has 0 amide bonds. The minimum absolute atomic E-state index is 0.613. The summed E-state index contributed by atoms with van der Waals surface area (Å²) >= 11 is 0. The van der Waals surface area contributed by atoms with Gasteiger partial charge < -0.3 is 10.6 Å². The Bertz CT molecular complexity index is 1100. The molecule has 6 rings (SSSR count). The Hall–Kier alpha value is -3.20. The van der Waals surface area contributed by atoms with Crippen molar-refractivity contribution >= 4 is 0 Å². The fourth-order valence-corrected chi connectivity index (χ4v) is 5.11. The molecule has 0 radical (unpaired) electrons. The van der Waals surface area contributed by atoms with E-state index in [4.69, 9.17) is 0 Å². The molecule has 34 heavy (non-hydrogen) atoms. The number of rotatable bonds is 9.